The van der Waals surface area contributed by atoms with Crippen molar-refractivity contribution in [3.8, 4) is 5.69 Å². The Bertz CT molecular complexity index is 934. The van der Waals surface area contributed by atoms with Gasteiger partial charge >= 0.3 is 0 Å². The van der Waals surface area contributed by atoms with Gasteiger partial charge in [0.1, 0.15) is 11.8 Å². The molecule has 2 fully saturated rings. The predicted octanol–water partition coefficient (Wildman–Crippen LogP) is 2.07. The van der Waals surface area contributed by atoms with Gasteiger partial charge in [0.25, 0.3) is 0 Å². The Morgan fingerprint density at radius 1 is 1.04 bits per heavy atom. The summed E-state index contributed by atoms with van der Waals surface area (Å²) >= 11 is 0. The van der Waals surface area contributed by atoms with Crippen LogP contribution in [0.3, 0.4) is 0 Å². The molecule has 0 saturated carbocycles. The van der Waals surface area contributed by atoms with E-state index >= 15 is 0 Å². The molecule has 5 rings (SSSR count). The summed E-state index contributed by atoms with van der Waals surface area (Å²) in [5, 5.41) is 0. The van der Waals surface area contributed by atoms with Gasteiger partial charge in [-0.2, -0.15) is 4.98 Å². The number of rotatable bonds is 3. The molecular weight excluding hydrogens is 340 g/mol. The molecule has 2 aliphatic heterocycles. The van der Waals surface area contributed by atoms with Gasteiger partial charge in [-0.25, -0.2) is 9.97 Å². The second-order valence-electron chi connectivity index (χ2n) is 7.38. The first-order valence-electron chi connectivity index (χ1n) is 9.61. The zero-order valence-corrected chi connectivity index (χ0v) is 15.6. The molecule has 0 amide bonds. The molecule has 1 aromatic carbocycles. The van der Waals surface area contributed by atoms with Crippen LogP contribution in [0.4, 0.5) is 5.95 Å². The number of aromatic nitrogens is 4. The first kappa shape index (κ1) is 16.6. The van der Waals surface area contributed by atoms with E-state index in [9.17, 15) is 0 Å². The summed E-state index contributed by atoms with van der Waals surface area (Å²) in [6, 6.07) is 10.3. The van der Waals surface area contributed by atoms with E-state index in [2.05, 4.69) is 33.5 Å². The third kappa shape index (κ3) is 3.07. The predicted molar refractivity (Wildman–Crippen MR) is 105 cm³/mol. The van der Waals surface area contributed by atoms with Crippen LogP contribution in [-0.4, -0.2) is 70.9 Å². The number of para-hydroxylation sites is 1. The van der Waals surface area contributed by atoms with Crippen molar-refractivity contribution in [1.82, 2.24) is 24.4 Å². The Kier molecular flexibility index (Phi) is 4.26. The van der Waals surface area contributed by atoms with Crippen molar-refractivity contribution in [3.05, 3.63) is 42.4 Å². The Hall–Kier alpha value is -2.51. The lowest BCUT2D eigenvalue weighted by Crippen LogP contribution is -2.37. The van der Waals surface area contributed by atoms with E-state index in [1.165, 1.54) is 0 Å². The maximum atomic E-state index is 5.51. The van der Waals surface area contributed by atoms with Gasteiger partial charge < -0.3 is 14.5 Å². The number of anilines is 1. The van der Waals surface area contributed by atoms with Gasteiger partial charge in [-0.1, -0.05) is 18.2 Å². The molecule has 27 heavy (non-hydrogen) atoms. The fourth-order valence-electron chi connectivity index (χ4n) is 4.04. The number of morpholine rings is 1. The van der Waals surface area contributed by atoms with Crippen LogP contribution in [0.15, 0.2) is 36.7 Å². The van der Waals surface area contributed by atoms with Gasteiger partial charge in [0.05, 0.1) is 18.9 Å². The van der Waals surface area contributed by atoms with E-state index in [1.54, 1.807) is 0 Å². The Morgan fingerprint density at radius 3 is 2.59 bits per heavy atom. The number of imidazole rings is 1. The van der Waals surface area contributed by atoms with Crippen LogP contribution >= 0.6 is 0 Å². The van der Waals surface area contributed by atoms with Crippen LogP contribution < -0.4 is 4.90 Å². The average molecular weight is 364 g/mol. The van der Waals surface area contributed by atoms with E-state index in [4.69, 9.17) is 19.7 Å². The van der Waals surface area contributed by atoms with Crippen molar-refractivity contribution < 1.29 is 4.74 Å². The van der Waals surface area contributed by atoms with E-state index < -0.39 is 0 Å². The summed E-state index contributed by atoms with van der Waals surface area (Å²) in [4.78, 5) is 19.3. The molecule has 2 saturated heterocycles. The van der Waals surface area contributed by atoms with E-state index in [1.807, 2.05) is 24.5 Å². The zero-order valence-electron chi connectivity index (χ0n) is 15.6. The number of benzene rings is 1. The maximum absolute atomic E-state index is 5.51. The lowest BCUT2D eigenvalue weighted by molar-refractivity contribution is 0.122. The molecule has 140 valence electrons. The minimum Gasteiger partial charge on any atom is -0.378 e. The first-order chi connectivity index (χ1) is 13.3. The lowest BCUT2D eigenvalue weighted by atomic mass is 10.0. The Balaban J connectivity index is 1.66. The van der Waals surface area contributed by atoms with E-state index in [0.29, 0.717) is 5.92 Å². The Morgan fingerprint density at radius 2 is 1.85 bits per heavy atom. The van der Waals surface area contributed by atoms with Crippen molar-refractivity contribution in [2.75, 3.05) is 51.3 Å². The minimum absolute atomic E-state index is 0.402. The van der Waals surface area contributed by atoms with Gasteiger partial charge in [0.2, 0.25) is 5.95 Å². The molecule has 7 heteroatoms. The van der Waals surface area contributed by atoms with E-state index in [0.717, 1.165) is 74.3 Å². The maximum Gasteiger partial charge on any atom is 0.227 e. The number of ether oxygens (including phenoxy) is 1. The molecule has 0 spiro atoms. The molecular formula is C20H24N6O. The molecule has 7 nitrogen and oxygen atoms in total. The SMILES string of the molecule is CN1CCC(c2nc(N3CCOCC3)nc3c2ncn3-c2ccccc2)C1. The summed E-state index contributed by atoms with van der Waals surface area (Å²) in [5.41, 5.74) is 3.97. The van der Waals surface area contributed by atoms with Crippen LogP contribution in [0.1, 0.15) is 18.0 Å². The average Bonchev–Trinajstić information content (AvgIpc) is 3.35. The molecule has 0 bridgehead atoms. The fraction of sp³-hybridized carbons (Fsp3) is 0.450. The largest absolute Gasteiger partial charge is 0.378 e. The third-order valence-corrected chi connectivity index (χ3v) is 5.52. The molecule has 3 aromatic rings. The summed E-state index contributed by atoms with van der Waals surface area (Å²) in [7, 11) is 2.17. The highest BCUT2D eigenvalue weighted by molar-refractivity contribution is 5.77. The molecule has 0 radical (unpaired) electrons. The highest BCUT2D eigenvalue weighted by atomic mass is 16.5. The summed E-state index contributed by atoms with van der Waals surface area (Å²) in [5.74, 6) is 1.20. The number of hydrogen-bond donors (Lipinski definition) is 0. The van der Waals surface area contributed by atoms with Crippen molar-refractivity contribution in [2.45, 2.75) is 12.3 Å². The van der Waals surface area contributed by atoms with Gasteiger partial charge in [0, 0.05) is 31.2 Å². The molecule has 1 atom stereocenters. The zero-order chi connectivity index (χ0) is 18.2. The molecule has 2 aliphatic rings. The molecule has 0 aliphatic carbocycles. The highest BCUT2D eigenvalue weighted by Crippen LogP contribution is 2.31. The summed E-state index contributed by atoms with van der Waals surface area (Å²) < 4.78 is 7.58. The summed E-state index contributed by atoms with van der Waals surface area (Å²) in [6.45, 7) is 5.22. The number of likely N-dealkylation sites (tertiary alicyclic amines) is 1. The monoisotopic (exact) mass is 364 g/mol. The van der Waals surface area contributed by atoms with Gasteiger partial charge in [0.15, 0.2) is 5.65 Å². The Labute approximate surface area is 158 Å². The second-order valence-corrected chi connectivity index (χ2v) is 7.38. The van der Waals surface area contributed by atoms with E-state index in [-0.39, 0.29) is 0 Å². The molecule has 4 heterocycles. The van der Waals surface area contributed by atoms with Gasteiger partial charge in [-0.05, 0) is 32.1 Å². The van der Waals surface area contributed by atoms with Crippen LogP contribution in [0.25, 0.3) is 16.9 Å². The van der Waals surface area contributed by atoms with Crippen molar-refractivity contribution in [3.63, 3.8) is 0 Å². The molecule has 2 aromatic heterocycles. The van der Waals surface area contributed by atoms with Crippen molar-refractivity contribution >= 4 is 17.1 Å². The number of hydrogen-bond acceptors (Lipinski definition) is 6. The second kappa shape index (κ2) is 6.90. The smallest absolute Gasteiger partial charge is 0.227 e. The van der Waals surface area contributed by atoms with Gasteiger partial charge in [-0.15, -0.1) is 0 Å². The van der Waals surface area contributed by atoms with Crippen LogP contribution in [-0.2, 0) is 4.74 Å². The standard InChI is InChI=1S/C20H24N6O/c1-24-8-7-15(13-24)17-18-19(23-20(22-17)25-9-11-27-12-10-25)26(14-21-18)16-5-3-2-4-6-16/h2-6,14-15H,7-13H2,1H3. The van der Waals surface area contributed by atoms with Crippen LogP contribution in [0.5, 0.6) is 0 Å². The minimum atomic E-state index is 0.402. The normalized spacial score (nSPS) is 21.2. The molecule has 1 unspecified atom stereocenters. The van der Waals surface area contributed by atoms with Crippen LogP contribution in [0.2, 0.25) is 0 Å². The fourth-order valence-corrected chi connectivity index (χ4v) is 4.04. The van der Waals surface area contributed by atoms with Gasteiger partial charge in [-0.3, -0.25) is 4.57 Å². The van der Waals surface area contributed by atoms with Crippen molar-refractivity contribution in [1.29, 1.82) is 0 Å². The quantitative estimate of drug-likeness (QED) is 0.709. The third-order valence-electron chi connectivity index (χ3n) is 5.52. The van der Waals surface area contributed by atoms with Crippen LogP contribution in [0, 0.1) is 0 Å². The first-order valence-corrected chi connectivity index (χ1v) is 9.61. The highest BCUT2D eigenvalue weighted by Gasteiger charge is 2.28. The van der Waals surface area contributed by atoms with Crippen molar-refractivity contribution in [2.24, 2.45) is 0 Å². The number of likely N-dealkylation sites (N-methyl/N-ethyl adjacent to an activating group) is 1. The topological polar surface area (TPSA) is 59.3 Å². The molecule has 0 N–H and O–H groups in total. The number of nitrogens with zero attached hydrogens (tertiary/aromatic N) is 6. The lowest BCUT2D eigenvalue weighted by Gasteiger charge is -2.27. The summed E-state index contributed by atoms with van der Waals surface area (Å²) in [6.07, 6.45) is 2.99. The number of fused-ring (bicyclic) bond motifs is 1.